The minimum absolute atomic E-state index is 0.0715. The Morgan fingerprint density at radius 1 is 1.24 bits per heavy atom. The zero-order chi connectivity index (χ0) is 17.8. The molecule has 1 aromatic heterocycles. The van der Waals surface area contributed by atoms with E-state index < -0.39 is 5.91 Å². The Morgan fingerprint density at radius 2 is 2.08 bits per heavy atom. The van der Waals surface area contributed by atoms with Gasteiger partial charge in [0.05, 0.1) is 0 Å². The molecule has 0 atom stereocenters. The summed E-state index contributed by atoms with van der Waals surface area (Å²) in [6, 6.07) is 8.76. The van der Waals surface area contributed by atoms with E-state index in [9.17, 15) is 14.4 Å². The molecule has 1 aliphatic rings. The maximum Gasteiger partial charge on any atom is 0.261 e. The van der Waals surface area contributed by atoms with Gasteiger partial charge in [0.2, 0.25) is 5.91 Å². The molecule has 1 saturated heterocycles. The maximum atomic E-state index is 12.3. The number of aromatic nitrogens is 1. The van der Waals surface area contributed by atoms with Gasteiger partial charge < -0.3 is 15.2 Å². The van der Waals surface area contributed by atoms with Gasteiger partial charge in [0.1, 0.15) is 5.56 Å². The number of carbonyl (C=O) groups is 2. The van der Waals surface area contributed by atoms with Gasteiger partial charge in [0.25, 0.3) is 5.91 Å². The van der Waals surface area contributed by atoms with Crippen molar-refractivity contribution in [3.63, 3.8) is 0 Å². The lowest BCUT2D eigenvalue weighted by Gasteiger charge is -2.26. The first kappa shape index (κ1) is 17.0. The number of hydrogen-bond acceptors (Lipinski definition) is 3. The Labute approximate surface area is 145 Å². The van der Waals surface area contributed by atoms with E-state index in [4.69, 9.17) is 0 Å². The first-order valence-electron chi connectivity index (χ1n) is 8.40. The molecule has 2 amide bonds. The standard InChI is InChI=1S/C19H21N3O3/c1-13-9-17(23)16(11-20-13)19(25)21-15-6-4-5-14(10-15)12-22-8-3-2-7-18(22)24/h4-6,9-11H,2-3,7-8,12H2,1H3,(H,20,23)(H,21,25). The molecule has 0 unspecified atom stereocenters. The smallest absolute Gasteiger partial charge is 0.261 e. The molecule has 0 spiro atoms. The molecule has 6 nitrogen and oxygen atoms in total. The second-order valence-electron chi connectivity index (χ2n) is 6.32. The van der Waals surface area contributed by atoms with Crippen LogP contribution in [0.3, 0.4) is 0 Å². The summed E-state index contributed by atoms with van der Waals surface area (Å²) in [5.41, 5.74) is 2.01. The van der Waals surface area contributed by atoms with Gasteiger partial charge in [-0.1, -0.05) is 12.1 Å². The Bertz CT molecular complexity index is 857. The highest BCUT2D eigenvalue weighted by Crippen LogP contribution is 2.17. The Hall–Kier alpha value is -2.89. The van der Waals surface area contributed by atoms with Gasteiger partial charge in [-0.15, -0.1) is 0 Å². The number of nitrogens with one attached hydrogen (secondary N) is 2. The van der Waals surface area contributed by atoms with E-state index in [0.717, 1.165) is 24.9 Å². The van der Waals surface area contributed by atoms with Gasteiger partial charge in [0.15, 0.2) is 5.43 Å². The van der Waals surface area contributed by atoms with E-state index >= 15 is 0 Å². The number of aromatic amines is 1. The van der Waals surface area contributed by atoms with Crippen molar-refractivity contribution in [1.82, 2.24) is 9.88 Å². The highest BCUT2D eigenvalue weighted by molar-refractivity contribution is 6.04. The van der Waals surface area contributed by atoms with Gasteiger partial charge >= 0.3 is 0 Å². The Morgan fingerprint density at radius 3 is 2.84 bits per heavy atom. The quantitative estimate of drug-likeness (QED) is 0.897. The molecule has 0 saturated carbocycles. The van der Waals surface area contributed by atoms with Crippen LogP contribution in [0.1, 0.15) is 40.9 Å². The molecule has 0 radical (unpaired) electrons. The average Bonchev–Trinajstić information content (AvgIpc) is 2.57. The summed E-state index contributed by atoms with van der Waals surface area (Å²) in [6.07, 6.45) is 4.00. The van der Waals surface area contributed by atoms with Crippen molar-refractivity contribution in [2.24, 2.45) is 0 Å². The van der Waals surface area contributed by atoms with Crippen LogP contribution >= 0.6 is 0 Å². The van der Waals surface area contributed by atoms with Crippen LogP contribution in [-0.2, 0) is 11.3 Å². The molecule has 6 heteroatoms. The first-order valence-corrected chi connectivity index (χ1v) is 8.40. The van der Waals surface area contributed by atoms with E-state index in [-0.39, 0.29) is 16.9 Å². The number of carbonyl (C=O) groups excluding carboxylic acids is 2. The monoisotopic (exact) mass is 339 g/mol. The third-order valence-corrected chi connectivity index (χ3v) is 4.28. The fourth-order valence-corrected chi connectivity index (χ4v) is 2.95. The van der Waals surface area contributed by atoms with E-state index in [0.29, 0.717) is 24.3 Å². The van der Waals surface area contributed by atoms with E-state index in [1.807, 2.05) is 23.1 Å². The average molecular weight is 339 g/mol. The van der Waals surface area contributed by atoms with E-state index in [1.165, 1.54) is 12.3 Å². The van der Waals surface area contributed by atoms with Crippen LogP contribution in [0.5, 0.6) is 0 Å². The minimum atomic E-state index is -0.451. The van der Waals surface area contributed by atoms with E-state index in [2.05, 4.69) is 10.3 Å². The molecule has 25 heavy (non-hydrogen) atoms. The number of pyridine rings is 1. The minimum Gasteiger partial charge on any atom is -0.364 e. The maximum absolute atomic E-state index is 12.3. The molecular weight excluding hydrogens is 318 g/mol. The van der Waals surface area contributed by atoms with Crippen molar-refractivity contribution in [3.8, 4) is 0 Å². The predicted molar refractivity (Wildman–Crippen MR) is 95.5 cm³/mol. The zero-order valence-electron chi connectivity index (χ0n) is 14.2. The summed E-state index contributed by atoms with van der Waals surface area (Å²) in [5.74, 6) is -0.278. The number of H-pyrrole nitrogens is 1. The van der Waals surface area contributed by atoms with Gasteiger partial charge in [-0.3, -0.25) is 14.4 Å². The molecule has 1 aromatic carbocycles. The van der Waals surface area contributed by atoms with Crippen molar-refractivity contribution in [1.29, 1.82) is 0 Å². The SMILES string of the molecule is Cc1cc(=O)c(C(=O)Nc2cccc(CN3CCCCC3=O)c2)c[nH]1. The van der Waals surface area contributed by atoms with E-state index in [1.54, 1.807) is 13.0 Å². The predicted octanol–water partition coefficient (Wildman–Crippen LogP) is 2.45. The summed E-state index contributed by atoms with van der Waals surface area (Å²) in [4.78, 5) is 40.9. The van der Waals surface area contributed by atoms with Gasteiger partial charge in [-0.2, -0.15) is 0 Å². The van der Waals surface area contributed by atoms with Gasteiger partial charge in [-0.25, -0.2) is 0 Å². The van der Waals surface area contributed by atoms with Crippen LogP contribution in [0.25, 0.3) is 0 Å². The Kier molecular flexibility index (Phi) is 4.97. The topological polar surface area (TPSA) is 82.3 Å². The lowest BCUT2D eigenvalue weighted by atomic mass is 10.1. The molecule has 130 valence electrons. The largest absolute Gasteiger partial charge is 0.364 e. The Balaban J connectivity index is 1.72. The lowest BCUT2D eigenvalue weighted by molar-refractivity contribution is -0.133. The molecule has 3 rings (SSSR count). The van der Waals surface area contributed by atoms with Gasteiger partial charge in [0, 0.05) is 43.2 Å². The second-order valence-corrected chi connectivity index (χ2v) is 6.32. The highest BCUT2D eigenvalue weighted by atomic mass is 16.2. The van der Waals surface area contributed by atoms with Crippen molar-refractivity contribution in [2.75, 3.05) is 11.9 Å². The number of anilines is 1. The summed E-state index contributed by atoms with van der Waals surface area (Å²) >= 11 is 0. The molecule has 2 N–H and O–H groups in total. The fourth-order valence-electron chi connectivity index (χ4n) is 2.95. The highest BCUT2D eigenvalue weighted by Gasteiger charge is 2.18. The number of nitrogens with zero attached hydrogens (tertiary/aromatic N) is 1. The third kappa shape index (κ3) is 4.15. The number of likely N-dealkylation sites (tertiary alicyclic amines) is 1. The summed E-state index contributed by atoms with van der Waals surface area (Å²) in [6.45, 7) is 3.07. The number of rotatable bonds is 4. The number of aryl methyl sites for hydroxylation is 1. The molecule has 2 aromatic rings. The summed E-state index contributed by atoms with van der Waals surface area (Å²) < 4.78 is 0. The molecule has 2 heterocycles. The number of benzene rings is 1. The molecule has 1 aliphatic heterocycles. The van der Waals surface area contributed by atoms with Crippen molar-refractivity contribution >= 4 is 17.5 Å². The van der Waals surface area contributed by atoms with Crippen molar-refractivity contribution < 1.29 is 9.59 Å². The number of piperidine rings is 1. The van der Waals surface area contributed by atoms with Crippen LogP contribution < -0.4 is 10.7 Å². The first-order chi connectivity index (χ1) is 12.0. The summed E-state index contributed by atoms with van der Waals surface area (Å²) in [5, 5.41) is 2.74. The molecule has 0 bridgehead atoms. The molecular formula is C19H21N3O3. The van der Waals surface area contributed by atoms with Gasteiger partial charge in [-0.05, 0) is 37.5 Å². The number of hydrogen-bond donors (Lipinski definition) is 2. The fraction of sp³-hybridized carbons (Fsp3) is 0.316. The zero-order valence-corrected chi connectivity index (χ0v) is 14.2. The lowest BCUT2D eigenvalue weighted by Crippen LogP contribution is -2.34. The van der Waals surface area contributed by atoms with Crippen LogP contribution in [-0.4, -0.2) is 28.2 Å². The second kappa shape index (κ2) is 7.34. The summed E-state index contributed by atoms with van der Waals surface area (Å²) in [7, 11) is 0. The normalized spacial score (nSPS) is 14.4. The number of amides is 2. The molecule has 0 aliphatic carbocycles. The van der Waals surface area contributed by atoms with Crippen LogP contribution in [0.15, 0.2) is 41.3 Å². The van der Waals surface area contributed by atoms with Crippen molar-refractivity contribution in [3.05, 3.63) is 63.6 Å². The van der Waals surface area contributed by atoms with Crippen LogP contribution in [0.2, 0.25) is 0 Å². The third-order valence-electron chi connectivity index (χ3n) is 4.28. The molecule has 1 fully saturated rings. The van der Waals surface area contributed by atoms with Crippen LogP contribution in [0.4, 0.5) is 5.69 Å². The van der Waals surface area contributed by atoms with Crippen LogP contribution in [0, 0.1) is 6.92 Å². The van der Waals surface area contributed by atoms with Crippen molar-refractivity contribution in [2.45, 2.75) is 32.7 Å².